The molecule has 0 bridgehead atoms. The molecule has 0 spiro atoms. The average molecular weight is 1810 g/mol. The van der Waals surface area contributed by atoms with E-state index in [-0.39, 0.29) is 0 Å². The molecule has 0 saturated carbocycles. The lowest BCUT2D eigenvalue weighted by Crippen LogP contribution is -2.00. The zero-order valence-corrected chi connectivity index (χ0v) is 75.9. The second-order valence-corrected chi connectivity index (χ2v) is 34.7. The van der Waals surface area contributed by atoms with Crippen molar-refractivity contribution in [3.63, 3.8) is 0 Å². The Morgan fingerprint density at radius 1 is 0.135 bits per heavy atom. The van der Waals surface area contributed by atoms with E-state index in [1.54, 1.807) is 0 Å². The molecule has 141 heavy (non-hydrogen) atoms. The Kier molecular flexibility index (Phi) is 21.6. The summed E-state index contributed by atoms with van der Waals surface area (Å²) in [5, 5.41) is 13.2. The molecule has 0 amide bonds. The minimum atomic E-state index is 0.618. The van der Waals surface area contributed by atoms with Gasteiger partial charge < -0.3 is 13.3 Å². The van der Waals surface area contributed by atoms with Crippen LogP contribution in [-0.4, -0.2) is 49.8 Å². The van der Waals surface area contributed by atoms with Crippen LogP contribution >= 0.6 is 0 Å². The number of rotatable bonds is 15. The number of hydrogen-bond donors (Lipinski definition) is 0. The Hall–Kier alpha value is -19.2. The van der Waals surface area contributed by atoms with Crippen molar-refractivity contribution in [3.8, 4) is 169 Å². The summed E-state index contributed by atoms with van der Waals surface area (Å²) in [7, 11) is 0. The number of furan rings is 3. The maximum atomic E-state index is 6.61. The third-order valence-electron chi connectivity index (χ3n) is 26.1. The van der Waals surface area contributed by atoms with Crippen molar-refractivity contribution < 1.29 is 13.3 Å². The molecule has 27 rings (SSSR count). The van der Waals surface area contributed by atoms with Crippen LogP contribution in [0.3, 0.4) is 0 Å². The molecule has 0 saturated heterocycles. The minimum Gasteiger partial charge on any atom is -0.455 e. The molecule has 0 N–H and O–H groups in total. The van der Waals surface area contributed by atoms with Crippen molar-refractivity contribution >= 4 is 98.1 Å². The summed E-state index contributed by atoms with van der Waals surface area (Å²) in [5.41, 5.74) is 29.8. The molecular weight excluding hydrogens is 1730 g/mol. The van der Waals surface area contributed by atoms with E-state index in [1.165, 1.54) is 16.5 Å². The molecule has 27 aromatic rings. The molecule has 0 fully saturated rings. The van der Waals surface area contributed by atoms with Crippen LogP contribution in [0.2, 0.25) is 0 Å². The first-order valence-electron chi connectivity index (χ1n) is 46.9. The fraction of sp³-hybridized carbons (Fsp3) is 0. The van der Waals surface area contributed by atoms with Crippen molar-refractivity contribution in [3.05, 3.63) is 486 Å². The largest absolute Gasteiger partial charge is 0.455 e. The van der Waals surface area contributed by atoms with Gasteiger partial charge in [0, 0.05) is 117 Å². The second-order valence-electron chi connectivity index (χ2n) is 34.7. The molecule has 0 aliphatic carbocycles. The minimum absolute atomic E-state index is 0.618. The fourth-order valence-electron chi connectivity index (χ4n) is 19.4. The van der Waals surface area contributed by atoms with E-state index in [4.69, 9.17) is 58.1 Å². The maximum Gasteiger partial charge on any atom is 0.164 e. The number of fused-ring (bicyclic) bond motifs is 15. The van der Waals surface area contributed by atoms with E-state index in [9.17, 15) is 0 Å². The molecule has 13 heteroatoms. The van der Waals surface area contributed by atoms with E-state index >= 15 is 0 Å². The topological polar surface area (TPSA) is 168 Å². The Morgan fingerprint density at radius 2 is 0.411 bits per heavy atom. The van der Waals surface area contributed by atoms with E-state index in [0.717, 1.165) is 216 Å². The van der Waals surface area contributed by atoms with Crippen LogP contribution in [0.25, 0.3) is 267 Å². The summed E-state index contributed by atoms with van der Waals surface area (Å²) in [6.45, 7) is 0. The van der Waals surface area contributed by atoms with Crippen molar-refractivity contribution in [1.82, 2.24) is 49.8 Å². The number of aromatic nitrogens is 10. The molecule has 9 heterocycles. The molecule has 0 unspecified atom stereocenters. The monoisotopic (exact) mass is 1800 g/mol. The molecule has 0 aliphatic rings. The zero-order chi connectivity index (χ0) is 93.5. The van der Waals surface area contributed by atoms with Gasteiger partial charge in [0.2, 0.25) is 0 Å². The van der Waals surface area contributed by atoms with E-state index < -0.39 is 0 Å². The first-order chi connectivity index (χ1) is 69.9. The lowest BCUT2D eigenvalue weighted by molar-refractivity contribution is 0.672. The quantitative estimate of drug-likeness (QED) is 0.0951. The summed E-state index contributed by atoms with van der Waals surface area (Å²) in [5.74, 6) is 3.80. The lowest BCUT2D eigenvalue weighted by Gasteiger charge is -2.11. The zero-order valence-electron chi connectivity index (χ0n) is 75.9. The van der Waals surface area contributed by atoms with Crippen LogP contribution in [0.1, 0.15) is 0 Å². The Morgan fingerprint density at radius 3 is 0.801 bits per heavy atom. The molecule has 18 aromatic carbocycles. The summed E-state index contributed by atoms with van der Waals surface area (Å²) in [4.78, 5) is 48.4. The van der Waals surface area contributed by atoms with Gasteiger partial charge in [-0.05, 0) is 163 Å². The molecule has 13 nitrogen and oxygen atoms in total. The molecule has 9 aromatic heterocycles. The molecule has 0 radical (unpaired) electrons. The van der Waals surface area contributed by atoms with Crippen LogP contribution in [-0.2, 0) is 0 Å². The Bertz CT molecular complexity index is 8830. The predicted octanol–water partition coefficient (Wildman–Crippen LogP) is 33.2. The highest BCUT2D eigenvalue weighted by atomic mass is 16.3. The SMILES string of the molecule is c1ccc(-c2cc(-c3ccc(-c4cccc5oc6c7ccccc7c(-c7ccccc7)cc6c45)cc3)cc(-c3ccccn3)n2)cc1.c1ccc(-c2nc(-c3ccccc3)nc(-c3ccc(-c4cccc5oc6c7ccccc7c(-c7ccccn7)cc6c45)cc3)n2)cc1.c1ccc(-c2nc(-c3ccccc3)nc(-c3cccc(-c4cccc5oc6c7ccccc7c(-c7ccccn7)cc6c45)c3)n2)cc1. The first-order valence-corrected chi connectivity index (χ1v) is 46.9. The van der Waals surface area contributed by atoms with Gasteiger partial charge in [-0.2, -0.15) is 0 Å². The van der Waals surface area contributed by atoms with Crippen molar-refractivity contribution in [2.24, 2.45) is 0 Å². The van der Waals surface area contributed by atoms with Gasteiger partial charge >= 0.3 is 0 Å². The predicted molar refractivity (Wildman–Crippen MR) is 573 cm³/mol. The first kappa shape index (κ1) is 83.6. The Balaban J connectivity index is 0.000000111. The van der Waals surface area contributed by atoms with Gasteiger partial charge in [-0.1, -0.05) is 376 Å². The fourth-order valence-corrected chi connectivity index (χ4v) is 19.4. The van der Waals surface area contributed by atoms with Gasteiger partial charge in [0.1, 0.15) is 33.5 Å². The number of benzene rings is 18. The van der Waals surface area contributed by atoms with Gasteiger partial charge in [-0.3, -0.25) is 15.0 Å². The van der Waals surface area contributed by atoms with Crippen LogP contribution < -0.4 is 0 Å². The second kappa shape index (κ2) is 36.5. The summed E-state index contributed by atoms with van der Waals surface area (Å²) in [6.07, 6.45) is 5.49. The van der Waals surface area contributed by atoms with Gasteiger partial charge in [-0.15, -0.1) is 0 Å². The lowest BCUT2D eigenvalue weighted by atomic mass is 9.93. The van der Waals surface area contributed by atoms with Crippen molar-refractivity contribution in [2.75, 3.05) is 0 Å². The van der Waals surface area contributed by atoms with Crippen molar-refractivity contribution in [2.45, 2.75) is 0 Å². The van der Waals surface area contributed by atoms with Gasteiger partial charge in [0.25, 0.3) is 0 Å². The van der Waals surface area contributed by atoms with Crippen molar-refractivity contribution in [1.29, 1.82) is 0 Å². The molecular formula is C128H80N10O3. The maximum absolute atomic E-state index is 6.61. The Labute approximate surface area is 810 Å². The van der Waals surface area contributed by atoms with Crippen LogP contribution in [0.15, 0.2) is 499 Å². The summed E-state index contributed by atoms with van der Waals surface area (Å²) >= 11 is 0. The number of pyridine rings is 4. The van der Waals surface area contributed by atoms with Gasteiger partial charge in [-0.25, -0.2) is 34.9 Å². The smallest absolute Gasteiger partial charge is 0.164 e. The number of nitrogens with zero attached hydrogens (tertiary/aromatic N) is 10. The molecule has 660 valence electrons. The van der Waals surface area contributed by atoms with E-state index in [2.05, 4.69) is 278 Å². The van der Waals surface area contributed by atoms with E-state index in [1.807, 2.05) is 213 Å². The summed E-state index contributed by atoms with van der Waals surface area (Å²) in [6, 6.07) is 160. The molecule has 0 aliphatic heterocycles. The van der Waals surface area contributed by atoms with Crippen LogP contribution in [0, 0.1) is 0 Å². The van der Waals surface area contributed by atoms with Gasteiger partial charge in [0.15, 0.2) is 34.9 Å². The van der Waals surface area contributed by atoms with E-state index in [0.29, 0.717) is 34.9 Å². The van der Waals surface area contributed by atoms with Gasteiger partial charge in [0.05, 0.1) is 28.5 Å². The average Bonchev–Trinajstić information content (AvgIpc) is 1.58. The highest BCUT2D eigenvalue weighted by Gasteiger charge is 2.25. The van der Waals surface area contributed by atoms with Crippen LogP contribution in [0.5, 0.6) is 0 Å². The van der Waals surface area contributed by atoms with Crippen LogP contribution in [0.4, 0.5) is 0 Å². The number of hydrogen-bond acceptors (Lipinski definition) is 13. The normalized spacial score (nSPS) is 11.4. The standard InChI is InChI=1S/C44H28N2O.2C42H26N4O/c1-3-12-30(13-4-1)37-28-38-43-34(18-11-20-42(43)47-44(38)36-17-8-7-16-35(36)37)31-23-21-29(22-24-31)33-26-40(32-14-5-2-6-15-32)46-41(27-33)39-19-9-10-25-45-39;1-3-13-27(14-4-1)40-44-41(28-15-5-2-6-16-28)46-42(45-40)30-18-11-17-29(25-30)31-21-12-23-37-38(31)35-26-34(36-22-9-10-24-43-36)32-19-7-8-20-33(32)39(35)47-37;1-3-12-28(13-4-1)40-44-41(29-14-5-2-6-15-29)46-42(45-40)30-23-21-27(22-24-30)31-18-11-20-37-38(31)35-26-34(36-19-9-10-25-43-36)32-16-7-8-17-33(32)39(35)47-37/h1-28H;2*1-26H. The highest BCUT2D eigenvalue weighted by molar-refractivity contribution is 6.25. The highest BCUT2D eigenvalue weighted by Crippen LogP contribution is 2.49. The third kappa shape index (κ3) is 16.0. The summed E-state index contributed by atoms with van der Waals surface area (Å²) < 4.78 is 19.8. The third-order valence-corrected chi connectivity index (χ3v) is 26.1. The molecule has 0 atom stereocenters.